The molecule has 1 aliphatic rings. The van der Waals surface area contributed by atoms with E-state index >= 15 is 0 Å². The van der Waals surface area contributed by atoms with Crippen molar-refractivity contribution in [3.8, 4) is 0 Å². The van der Waals surface area contributed by atoms with Gasteiger partial charge >= 0.3 is 0 Å². The Balaban J connectivity index is 1.79. The second-order valence-corrected chi connectivity index (χ2v) is 5.24. The Morgan fingerprint density at radius 3 is 2.95 bits per heavy atom. The number of halogens is 1. The molecule has 5 nitrogen and oxygen atoms in total. The third-order valence-electron chi connectivity index (χ3n) is 3.40. The van der Waals surface area contributed by atoms with E-state index in [0.29, 0.717) is 35.7 Å². The molecule has 0 bridgehead atoms. The van der Waals surface area contributed by atoms with Gasteiger partial charge in [-0.2, -0.15) is 0 Å². The molecular weight excluding hydrogens is 278 g/mol. The van der Waals surface area contributed by atoms with Crippen molar-refractivity contribution in [2.75, 3.05) is 25.5 Å². The molecule has 2 rings (SSSR count). The van der Waals surface area contributed by atoms with E-state index in [-0.39, 0.29) is 5.91 Å². The van der Waals surface area contributed by atoms with Crippen molar-refractivity contribution in [2.45, 2.75) is 31.8 Å². The molecule has 0 saturated heterocycles. The fraction of sp³-hybridized carbons (Fsp3) is 0.571. The fourth-order valence-corrected chi connectivity index (χ4v) is 2.48. The Kier molecular flexibility index (Phi) is 5.61. The number of carbonyl (C=O) groups excluding carboxylic acids is 1. The van der Waals surface area contributed by atoms with E-state index in [1.807, 2.05) is 0 Å². The molecule has 1 aliphatic carbocycles. The van der Waals surface area contributed by atoms with Crippen molar-refractivity contribution in [3.05, 3.63) is 22.8 Å². The minimum atomic E-state index is -0.205. The summed E-state index contributed by atoms with van der Waals surface area (Å²) in [6.45, 7) is 1.03. The Bertz CT molecular complexity index is 462. The highest BCUT2D eigenvalue weighted by Crippen LogP contribution is 2.20. The maximum absolute atomic E-state index is 12.0. The summed E-state index contributed by atoms with van der Waals surface area (Å²) in [7, 11) is 1.74. The van der Waals surface area contributed by atoms with Crippen LogP contribution in [-0.4, -0.2) is 37.2 Å². The largest absolute Gasteiger partial charge is 0.376 e. The Morgan fingerprint density at radius 1 is 1.50 bits per heavy atom. The topological polar surface area (TPSA) is 63.2 Å². The molecule has 1 amide bonds. The summed E-state index contributed by atoms with van der Waals surface area (Å²) in [6, 6.07) is 1.63. The van der Waals surface area contributed by atoms with Gasteiger partial charge in [0.1, 0.15) is 5.82 Å². The molecule has 0 aliphatic heterocycles. The van der Waals surface area contributed by atoms with Crippen LogP contribution in [0.2, 0.25) is 5.02 Å². The van der Waals surface area contributed by atoms with Crippen LogP contribution in [0.25, 0.3) is 0 Å². The summed E-state index contributed by atoms with van der Waals surface area (Å²) >= 11 is 5.98. The lowest BCUT2D eigenvalue weighted by atomic mass is 10.2. The molecule has 110 valence electrons. The third-order valence-corrected chi connectivity index (χ3v) is 3.70. The molecule has 1 aromatic heterocycles. The highest BCUT2D eigenvalue weighted by Gasteiger charge is 2.15. The van der Waals surface area contributed by atoms with Gasteiger partial charge in [0.15, 0.2) is 0 Å². The van der Waals surface area contributed by atoms with E-state index in [0.717, 1.165) is 12.8 Å². The van der Waals surface area contributed by atoms with Gasteiger partial charge in [0, 0.05) is 19.8 Å². The summed E-state index contributed by atoms with van der Waals surface area (Å²) in [6.07, 6.45) is 6.60. The highest BCUT2D eigenvalue weighted by molar-refractivity contribution is 6.33. The first kappa shape index (κ1) is 15.1. The van der Waals surface area contributed by atoms with Crippen LogP contribution in [0.4, 0.5) is 5.82 Å². The molecule has 6 heteroatoms. The summed E-state index contributed by atoms with van der Waals surface area (Å²) in [5, 5.41) is 6.04. The number of anilines is 1. The van der Waals surface area contributed by atoms with Gasteiger partial charge in [-0.05, 0) is 18.9 Å². The standard InChI is InChI=1S/C14H20ClN3O2/c1-16-13-8-11(12(15)9-18-13)14(19)17-6-7-20-10-4-2-3-5-10/h8-10H,2-7H2,1H3,(H,16,18)(H,17,19). The Hall–Kier alpha value is -1.33. The van der Waals surface area contributed by atoms with Gasteiger partial charge in [0.05, 0.1) is 23.3 Å². The van der Waals surface area contributed by atoms with Crippen LogP contribution in [0.5, 0.6) is 0 Å². The number of rotatable bonds is 6. The van der Waals surface area contributed by atoms with E-state index in [2.05, 4.69) is 15.6 Å². The SMILES string of the molecule is CNc1cc(C(=O)NCCOC2CCCC2)c(Cl)cn1. The Labute approximate surface area is 124 Å². The van der Waals surface area contributed by atoms with E-state index in [9.17, 15) is 4.79 Å². The van der Waals surface area contributed by atoms with Crippen LogP contribution in [0.15, 0.2) is 12.3 Å². The number of aromatic nitrogens is 1. The van der Waals surface area contributed by atoms with Gasteiger partial charge in [0.25, 0.3) is 5.91 Å². The predicted molar refractivity (Wildman–Crippen MR) is 79.3 cm³/mol. The summed E-state index contributed by atoms with van der Waals surface area (Å²) in [5.41, 5.74) is 0.423. The fourth-order valence-electron chi connectivity index (χ4n) is 2.29. The first-order valence-electron chi connectivity index (χ1n) is 6.94. The number of ether oxygens (including phenoxy) is 1. The first-order chi connectivity index (χ1) is 9.70. The summed E-state index contributed by atoms with van der Waals surface area (Å²) in [4.78, 5) is 16.1. The molecule has 1 fully saturated rings. The number of hydrogen-bond acceptors (Lipinski definition) is 4. The maximum Gasteiger partial charge on any atom is 0.253 e. The predicted octanol–water partition coefficient (Wildman–Crippen LogP) is 2.47. The number of carbonyl (C=O) groups is 1. The lowest BCUT2D eigenvalue weighted by Crippen LogP contribution is -2.28. The second kappa shape index (κ2) is 7.45. The van der Waals surface area contributed by atoms with Gasteiger partial charge in [-0.25, -0.2) is 4.98 Å². The van der Waals surface area contributed by atoms with Crippen molar-refractivity contribution in [1.82, 2.24) is 10.3 Å². The molecule has 1 saturated carbocycles. The number of nitrogens with one attached hydrogen (secondary N) is 2. The van der Waals surface area contributed by atoms with Gasteiger partial charge in [-0.15, -0.1) is 0 Å². The average Bonchev–Trinajstić information content (AvgIpc) is 2.97. The van der Waals surface area contributed by atoms with Gasteiger partial charge in [-0.1, -0.05) is 24.4 Å². The Morgan fingerprint density at radius 2 is 2.25 bits per heavy atom. The minimum absolute atomic E-state index is 0.205. The third kappa shape index (κ3) is 4.08. The maximum atomic E-state index is 12.0. The zero-order chi connectivity index (χ0) is 14.4. The van der Waals surface area contributed by atoms with Gasteiger partial charge < -0.3 is 15.4 Å². The average molecular weight is 298 g/mol. The molecule has 0 atom stereocenters. The lowest BCUT2D eigenvalue weighted by molar-refractivity contribution is 0.0582. The van der Waals surface area contributed by atoms with Crippen molar-refractivity contribution in [2.24, 2.45) is 0 Å². The zero-order valence-electron chi connectivity index (χ0n) is 11.6. The highest BCUT2D eigenvalue weighted by atomic mass is 35.5. The van der Waals surface area contributed by atoms with Crippen molar-refractivity contribution < 1.29 is 9.53 Å². The molecular formula is C14H20ClN3O2. The molecule has 1 heterocycles. The first-order valence-corrected chi connectivity index (χ1v) is 7.31. The van der Waals surface area contributed by atoms with Gasteiger partial charge in [-0.3, -0.25) is 4.79 Å². The van der Waals surface area contributed by atoms with E-state index in [4.69, 9.17) is 16.3 Å². The van der Waals surface area contributed by atoms with E-state index < -0.39 is 0 Å². The van der Waals surface area contributed by atoms with Crippen LogP contribution in [0.3, 0.4) is 0 Å². The van der Waals surface area contributed by atoms with Crippen molar-refractivity contribution in [1.29, 1.82) is 0 Å². The smallest absolute Gasteiger partial charge is 0.253 e. The van der Waals surface area contributed by atoms with E-state index in [1.54, 1.807) is 13.1 Å². The van der Waals surface area contributed by atoms with Gasteiger partial charge in [0.2, 0.25) is 0 Å². The van der Waals surface area contributed by atoms with Crippen LogP contribution in [-0.2, 0) is 4.74 Å². The molecule has 0 aromatic carbocycles. The van der Waals surface area contributed by atoms with Crippen LogP contribution < -0.4 is 10.6 Å². The molecule has 0 radical (unpaired) electrons. The number of hydrogen-bond donors (Lipinski definition) is 2. The number of pyridine rings is 1. The van der Waals surface area contributed by atoms with Crippen molar-refractivity contribution >= 4 is 23.3 Å². The monoisotopic (exact) mass is 297 g/mol. The van der Waals surface area contributed by atoms with E-state index in [1.165, 1.54) is 19.0 Å². The molecule has 2 N–H and O–H groups in total. The molecule has 0 spiro atoms. The number of nitrogens with zero attached hydrogens (tertiary/aromatic N) is 1. The molecule has 20 heavy (non-hydrogen) atoms. The van der Waals surface area contributed by atoms with Crippen molar-refractivity contribution in [3.63, 3.8) is 0 Å². The summed E-state index contributed by atoms with van der Waals surface area (Å²) < 4.78 is 5.69. The molecule has 0 unspecified atom stereocenters. The quantitative estimate of drug-likeness (QED) is 0.792. The summed E-state index contributed by atoms with van der Waals surface area (Å²) in [5.74, 6) is 0.408. The lowest BCUT2D eigenvalue weighted by Gasteiger charge is -2.12. The van der Waals surface area contributed by atoms with Crippen LogP contribution in [0.1, 0.15) is 36.0 Å². The van der Waals surface area contributed by atoms with Crippen LogP contribution >= 0.6 is 11.6 Å². The zero-order valence-corrected chi connectivity index (χ0v) is 12.4. The normalized spacial score (nSPS) is 15.3. The minimum Gasteiger partial charge on any atom is -0.376 e. The molecule has 1 aromatic rings. The van der Waals surface area contributed by atoms with Crippen LogP contribution in [0, 0.1) is 0 Å². The number of amides is 1. The second-order valence-electron chi connectivity index (χ2n) is 4.83.